The first kappa shape index (κ1) is 7.59. The summed E-state index contributed by atoms with van der Waals surface area (Å²) in [5.41, 5.74) is 0. The van der Waals surface area contributed by atoms with Crippen molar-refractivity contribution in [1.82, 2.24) is 0 Å². The molecule has 0 nitrogen and oxygen atoms in total. The molecule has 0 aromatic heterocycles. The van der Waals surface area contributed by atoms with Crippen molar-refractivity contribution < 1.29 is 0 Å². The van der Waals surface area contributed by atoms with E-state index < -0.39 is 0 Å². The van der Waals surface area contributed by atoms with Crippen LogP contribution in [0.5, 0.6) is 0 Å². The van der Waals surface area contributed by atoms with E-state index in [-0.39, 0.29) is 0 Å². The van der Waals surface area contributed by atoms with Gasteiger partial charge in [0.1, 0.15) is 0 Å². The Balaban J connectivity index is 2.20. The third-order valence-corrected chi connectivity index (χ3v) is 3.36. The Morgan fingerprint density at radius 1 is 1.33 bits per heavy atom. The van der Waals surface area contributed by atoms with Gasteiger partial charge in [0.15, 0.2) is 0 Å². The molecule has 0 amide bonds. The van der Waals surface area contributed by atoms with Gasteiger partial charge in [-0.15, -0.1) is 0 Å². The molecule has 0 aromatic rings. The predicted molar refractivity (Wildman–Crippen MR) is 44.9 cm³/mol. The topological polar surface area (TPSA) is 0 Å². The minimum Gasteiger partial charge on any atom is -0.0925 e. The van der Waals surface area contributed by atoms with E-state index in [2.05, 4.69) is 22.9 Å². The third-order valence-electron chi connectivity index (χ3n) is 2.45. The van der Waals surface area contributed by atoms with E-state index in [1.165, 1.54) is 31.0 Å². The lowest BCUT2D eigenvalue weighted by atomic mass is 10.0. The highest BCUT2D eigenvalue weighted by Gasteiger charge is 2.21. The lowest BCUT2D eigenvalue weighted by Gasteiger charge is -2.04. The second-order valence-electron chi connectivity index (χ2n) is 3.11. The van der Waals surface area contributed by atoms with Gasteiger partial charge in [0.2, 0.25) is 0 Å². The summed E-state index contributed by atoms with van der Waals surface area (Å²) in [6, 6.07) is 0. The maximum Gasteiger partial charge on any atom is 0.00597 e. The first-order chi connectivity index (χ1) is 4.36. The van der Waals surface area contributed by atoms with Gasteiger partial charge in [-0.1, -0.05) is 35.7 Å². The minimum absolute atomic E-state index is 0.995. The molecule has 1 aliphatic carbocycles. The number of rotatable bonds is 2. The van der Waals surface area contributed by atoms with E-state index in [9.17, 15) is 0 Å². The summed E-state index contributed by atoms with van der Waals surface area (Å²) in [6.45, 7) is 2.31. The van der Waals surface area contributed by atoms with Gasteiger partial charge in [0.25, 0.3) is 0 Å². The number of hydrogen-bond donors (Lipinski definition) is 0. The third kappa shape index (κ3) is 1.96. The Morgan fingerprint density at radius 2 is 2.00 bits per heavy atom. The molecule has 9 heavy (non-hydrogen) atoms. The normalized spacial score (nSPS) is 35.3. The monoisotopic (exact) mass is 190 g/mol. The molecule has 0 N–H and O–H groups in total. The van der Waals surface area contributed by atoms with Crippen LogP contribution in [0.3, 0.4) is 0 Å². The van der Waals surface area contributed by atoms with E-state index in [0.717, 1.165) is 11.8 Å². The van der Waals surface area contributed by atoms with Gasteiger partial charge in [-0.2, -0.15) is 0 Å². The van der Waals surface area contributed by atoms with Crippen LogP contribution in [0.4, 0.5) is 0 Å². The van der Waals surface area contributed by atoms with E-state index in [1.807, 2.05) is 0 Å². The molecule has 0 spiro atoms. The molecule has 54 valence electrons. The molecule has 0 radical (unpaired) electrons. The Bertz CT molecular complexity index is 70.6. The van der Waals surface area contributed by atoms with Crippen molar-refractivity contribution in [3.8, 4) is 0 Å². The van der Waals surface area contributed by atoms with Crippen LogP contribution in [-0.2, 0) is 0 Å². The smallest absolute Gasteiger partial charge is 0.00597 e. The summed E-state index contributed by atoms with van der Waals surface area (Å²) in [6.07, 6.45) is 5.81. The number of halogens is 1. The zero-order chi connectivity index (χ0) is 6.69. The Hall–Kier alpha value is 0.480. The zero-order valence-corrected chi connectivity index (χ0v) is 7.65. The maximum atomic E-state index is 3.53. The number of hydrogen-bond acceptors (Lipinski definition) is 0. The molecule has 1 fully saturated rings. The molecule has 1 heteroatoms. The molecule has 2 atom stereocenters. The van der Waals surface area contributed by atoms with E-state index in [0.29, 0.717) is 0 Å². The summed E-state index contributed by atoms with van der Waals surface area (Å²) in [4.78, 5) is 0. The first-order valence-electron chi connectivity index (χ1n) is 3.92. The van der Waals surface area contributed by atoms with Crippen molar-refractivity contribution in [2.75, 3.05) is 5.33 Å². The van der Waals surface area contributed by atoms with Crippen LogP contribution >= 0.6 is 15.9 Å². The molecular weight excluding hydrogens is 176 g/mol. The molecule has 0 saturated heterocycles. The zero-order valence-electron chi connectivity index (χ0n) is 6.07. The summed E-state index contributed by atoms with van der Waals surface area (Å²) < 4.78 is 0. The van der Waals surface area contributed by atoms with Crippen molar-refractivity contribution in [3.05, 3.63) is 0 Å². The van der Waals surface area contributed by atoms with Crippen LogP contribution in [0.15, 0.2) is 0 Å². The van der Waals surface area contributed by atoms with Crippen molar-refractivity contribution in [2.45, 2.75) is 32.6 Å². The summed E-state index contributed by atoms with van der Waals surface area (Å²) in [5, 5.41) is 1.23. The molecule has 0 unspecified atom stereocenters. The Kier molecular flexibility index (Phi) is 3.03. The van der Waals surface area contributed by atoms with E-state index in [1.54, 1.807) is 0 Å². The lowest BCUT2D eigenvalue weighted by molar-refractivity contribution is 0.505. The SMILES string of the molecule is CC[C@H]1CC[C@@H](CBr)C1. The van der Waals surface area contributed by atoms with Crippen LogP contribution in [0, 0.1) is 11.8 Å². The molecule has 0 bridgehead atoms. The van der Waals surface area contributed by atoms with Crippen molar-refractivity contribution >= 4 is 15.9 Å². The molecule has 0 aromatic carbocycles. The standard InChI is InChI=1S/C8H15Br/c1-2-7-3-4-8(5-7)6-9/h7-8H,2-6H2,1H3/t7-,8+/m0/s1. The fourth-order valence-electron chi connectivity index (χ4n) is 1.69. The quantitative estimate of drug-likeness (QED) is 0.588. The Labute approximate surface area is 66.2 Å². The van der Waals surface area contributed by atoms with Gasteiger partial charge in [0.05, 0.1) is 0 Å². The highest BCUT2D eigenvalue weighted by molar-refractivity contribution is 9.09. The van der Waals surface area contributed by atoms with Crippen LogP contribution in [-0.4, -0.2) is 5.33 Å². The second-order valence-corrected chi connectivity index (χ2v) is 3.76. The average molecular weight is 191 g/mol. The maximum absolute atomic E-state index is 3.53. The minimum atomic E-state index is 0.995. The van der Waals surface area contributed by atoms with Gasteiger partial charge >= 0.3 is 0 Å². The molecule has 0 aliphatic heterocycles. The summed E-state index contributed by atoms with van der Waals surface area (Å²) >= 11 is 3.53. The van der Waals surface area contributed by atoms with E-state index in [4.69, 9.17) is 0 Å². The van der Waals surface area contributed by atoms with Gasteiger partial charge in [-0.25, -0.2) is 0 Å². The van der Waals surface area contributed by atoms with Gasteiger partial charge in [-0.3, -0.25) is 0 Å². The molecular formula is C8H15Br. The molecule has 0 heterocycles. The van der Waals surface area contributed by atoms with E-state index >= 15 is 0 Å². The number of alkyl halides is 1. The fraction of sp³-hybridized carbons (Fsp3) is 1.00. The molecule has 1 rings (SSSR count). The van der Waals surface area contributed by atoms with Gasteiger partial charge in [0, 0.05) is 5.33 Å². The average Bonchev–Trinajstić information content (AvgIpc) is 2.34. The summed E-state index contributed by atoms with van der Waals surface area (Å²) in [7, 11) is 0. The molecule has 1 saturated carbocycles. The largest absolute Gasteiger partial charge is 0.0925 e. The van der Waals surface area contributed by atoms with Crippen LogP contribution in [0.1, 0.15) is 32.6 Å². The van der Waals surface area contributed by atoms with Crippen LogP contribution in [0.25, 0.3) is 0 Å². The first-order valence-corrected chi connectivity index (χ1v) is 5.05. The van der Waals surface area contributed by atoms with Crippen LogP contribution in [0.2, 0.25) is 0 Å². The highest BCUT2D eigenvalue weighted by atomic mass is 79.9. The summed E-state index contributed by atoms with van der Waals surface area (Å²) in [5.74, 6) is 2.04. The fourth-order valence-corrected chi connectivity index (χ4v) is 2.28. The van der Waals surface area contributed by atoms with Crippen LogP contribution < -0.4 is 0 Å². The van der Waals surface area contributed by atoms with Crippen molar-refractivity contribution in [3.63, 3.8) is 0 Å². The van der Waals surface area contributed by atoms with Crippen molar-refractivity contribution in [1.29, 1.82) is 0 Å². The van der Waals surface area contributed by atoms with Gasteiger partial charge in [-0.05, 0) is 24.7 Å². The van der Waals surface area contributed by atoms with Crippen molar-refractivity contribution in [2.24, 2.45) is 11.8 Å². The Morgan fingerprint density at radius 3 is 2.33 bits per heavy atom. The highest BCUT2D eigenvalue weighted by Crippen LogP contribution is 2.33. The predicted octanol–water partition coefficient (Wildman–Crippen LogP) is 3.21. The second kappa shape index (κ2) is 3.60. The molecule has 1 aliphatic rings. The lowest BCUT2D eigenvalue weighted by Crippen LogP contribution is -1.95. The van der Waals surface area contributed by atoms with Gasteiger partial charge < -0.3 is 0 Å².